The second-order valence-electron chi connectivity index (χ2n) is 6.73. The molecule has 2 N–H and O–H groups in total. The van der Waals surface area contributed by atoms with Crippen molar-refractivity contribution in [2.24, 2.45) is 0 Å². The van der Waals surface area contributed by atoms with E-state index in [1.807, 2.05) is 6.92 Å². The molecule has 0 aliphatic rings. The summed E-state index contributed by atoms with van der Waals surface area (Å²) in [5.74, 6) is 0.0898. The Morgan fingerprint density at radius 3 is 2.50 bits per heavy atom. The Labute approximate surface area is 199 Å². The lowest BCUT2D eigenvalue weighted by molar-refractivity contribution is 0.190. The zero-order chi connectivity index (χ0) is 23.3. The number of hydrogen-bond donors (Lipinski definition) is 2. The van der Waals surface area contributed by atoms with Gasteiger partial charge in [0.15, 0.2) is 0 Å². The van der Waals surface area contributed by atoms with Crippen molar-refractivity contribution in [1.82, 2.24) is 9.97 Å². The Bertz CT molecular complexity index is 1100. The first-order valence-electron chi connectivity index (χ1n) is 9.38. The number of ether oxygens (including phenoxy) is 1. The van der Waals surface area contributed by atoms with Crippen molar-refractivity contribution in [1.29, 1.82) is 0 Å². The molecule has 0 saturated heterocycles. The summed E-state index contributed by atoms with van der Waals surface area (Å²) in [6.45, 7) is 2.34. The average molecular weight is 499 g/mol. The molecule has 1 atom stereocenters. The summed E-state index contributed by atoms with van der Waals surface area (Å²) in [4.78, 5) is 23.1. The Kier molecular flexibility index (Phi) is 8.09. The number of halogens is 4. The van der Waals surface area contributed by atoms with E-state index >= 15 is 0 Å². The smallest absolute Gasteiger partial charge is 0.332 e. The number of carbonyl (C=O) groups excluding carboxylic acids is 1. The molecular weight excluding hydrogens is 480 g/mol. The minimum atomic E-state index is -0.605. The number of carbonyl (C=O) groups is 1. The van der Waals surface area contributed by atoms with Crippen LogP contribution < -0.4 is 15.5 Å². The first-order valence-corrected chi connectivity index (χ1v) is 10.5. The summed E-state index contributed by atoms with van der Waals surface area (Å²) in [6, 6.07) is 9.11. The van der Waals surface area contributed by atoms with Crippen LogP contribution in [-0.2, 0) is 4.74 Å². The number of rotatable bonds is 7. The molecule has 0 saturated carbocycles. The molecule has 7 nitrogen and oxygen atoms in total. The lowest BCUT2D eigenvalue weighted by Gasteiger charge is -2.23. The van der Waals surface area contributed by atoms with Gasteiger partial charge in [-0.2, -0.15) is 4.98 Å². The van der Waals surface area contributed by atoms with Crippen molar-refractivity contribution in [3.05, 3.63) is 69.5 Å². The molecule has 0 spiro atoms. The highest BCUT2D eigenvalue weighted by molar-refractivity contribution is 6.44. The molecule has 1 heterocycles. The Balaban J connectivity index is 1.97. The van der Waals surface area contributed by atoms with Crippen molar-refractivity contribution >= 4 is 64.0 Å². The molecular formula is C21H19Cl3FN5O2. The van der Waals surface area contributed by atoms with E-state index in [1.54, 1.807) is 13.2 Å². The van der Waals surface area contributed by atoms with Crippen LogP contribution in [0.2, 0.25) is 15.1 Å². The first-order chi connectivity index (χ1) is 15.3. The summed E-state index contributed by atoms with van der Waals surface area (Å²) in [6.07, 6.45) is 1.50. The van der Waals surface area contributed by atoms with Gasteiger partial charge in [-0.05, 0) is 43.3 Å². The van der Waals surface area contributed by atoms with Gasteiger partial charge >= 0.3 is 6.03 Å². The third kappa shape index (κ3) is 5.98. The molecule has 0 radical (unpaired) electrons. The molecule has 3 rings (SSSR count). The molecule has 168 valence electrons. The average Bonchev–Trinajstić information content (AvgIpc) is 2.74. The third-order valence-electron chi connectivity index (χ3n) is 4.20. The SMILES string of the molecule is COCC(C)Nc1nccc(N(C(=O)Nc2cc(Cl)c(Cl)cc2Cl)c2ccc(F)cc2)n1. The van der Waals surface area contributed by atoms with E-state index < -0.39 is 11.8 Å². The van der Waals surface area contributed by atoms with Gasteiger partial charge in [-0.25, -0.2) is 19.1 Å². The van der Waals surface area contributed by atoms with E-state index in [0.29, 0.717) is 18.2 Å². The number of anilines is 4. The van der Waals surface area contributed by atoms with Gasteiger partial charge in [-0.3, -0.25) is 0 Å². The minimum absolute atomic E-state index is 0.0710. The lowest BCUT2D eigenvalue weighted by atomic mass is 10.2. The van der Waals surface area contributed by atoms with E-state index in [1.165, 1.54) is 47.5 Å². The summed E-state index contributed by atoms with van der Waals surface area (Å²) >= 11 is 18.2. The summed E-state index contributed by atoms with van der Waals surface area (Å²) in [7, 11) is 1.59. The van der Waals surface area contributed by atoms with Crippen molar-refractivity contribution in [3.63, 3.8) is 0 Å². The van der Waals surface area contributed by atoms with Crippen LogP contribution in [0.5, 0.6) is 0 Å². The number of urea groups is 1. The number of hydrogen-bond acceptors (Lipinski definition) is 5. The van der Waals surface area contributed by atoms with Gasteiger partial charge in [0, 0.05) is 25.4 Å². The van der Waals surface area contributed by atoms with Crippen molar-refractivity contribution in [3.8, 4) is 0 Å². The number of nitrogens with one attached hydrogen (secondary N) is 2. The molecule has 1 unspecified atom stereocenters. The molecule has 2 aromatic carbocycles. The Hall–Kier alpha value is -2.65. The van der Waals surface area contributed by atoms with Crippen LogP contribution in [0, 0.1) is 5.82 Å². The van der Waals surface area contributed by atoms with Crippen molar-refractivity contribution in [2.45, 2.75) is 13.0 Å². The van der Waals surface area contributed by atoms with E-state index in [2.05, 4.69) is 20.6 Å². The zero-order valence-electron chi connectivity index (χ0n) is 17.1. The van der Waals surface area contributed by atoms with Crippen LogP contribution in [0.15, 0.2) is 48.7 Å². The van der Waals surface area contributed by atoms with Crippen LogP contribution in [0.4, 0.5) is 32.3 Å². The predicted molar refractivity (Wildman–Crippen MR) is 126 cm³/mol. The van der Waals surface area contributed by atoms with E-state index in [-0.39, 0.29) is 32.6 Å². The number of amides is 2. The highest BCUT2D eigenvalue weighted by Crippen LogP contribution is 2.33. The van der Waals surface area contributed by atoms with Crippen LogP contribution in [0.1, 0.15) is 6.92 Å². The van der Waals surface area contributed by atoms with Gasteiger partial charge in [0.1, 0.15) is 11.6 Å². The maximum atomic E-state index is 13.5. The van der Waals surface area contributed by atoms with Crippen molar-refractivity contribution < 1.29 is 13.9 Å². The zero-order valence-corrected chi connectivity index (χ0v) is 19.3. The standard InChI is InChI=1S/C21H19Cl3FN5O2/c1-12(11-32-2)27-20-26-8-7-19(29-20)30(14-5-3-13(25)4-6-14)21(31)28-18-10-16(23)15(22)9-17(18)24/h3-10,12H,11H2,1-2H3,(H,28,31)(H,26,27,29). The molecule has 0 fully saturated rings. The highest BCUT2D eigenvalue weighted by Gasteiger charge is 2.22. The van der Waals surface area contributed by atoms with Gasteiger partial charge < -0.3 is 15.4 Å². The monoisotopic (exact) mass is 497 g/mol. The van der Waals surface area contributed by atoms with Crippen LogP contribution in [-0.4, -0.2) is 35.8 Å². The fraction of sp³-hybridized carbons (Fsp3) is 0.190. The van der Waals surface area contributed by atoms with E-state index in [0.717, 1.165) is 0 Å². The summed E-state index contributed by atoms with van der Waals surface area (Å²) in [5.41, 5.74) is 0.619. The molecule has 3 aromatic rings. The van der Waals surface area contributed by atoms with Crippen LogP contribution in [0.3, 0.4) is 0 Å². The van der Waals surface area contributed by atoms with Gasteiger partial charge in [0.25, 0.3) is 0 Å². The number of nitrogens with zero attached hydrogens (tertiary/aromatic N) is 3. The fourth-order valence-electron chi connectivity index (χ4n) is 2.79. The Morgan fingerprint density at radius 1 is 1.12 bits per heavy atom. The molecule has 0 aliphatic carbocycles. The second kappa shape index (κ2) is 10.8. The minimum Gasteiger partial charge on any atom is -0.383 e. The number of benzene rings is 2. The molecule has 11 heteroatoms. The molecule has 0 bridgehead atoms. The Morgan fingerprint density at radius 2 is 1.81 bits per heavy atom. The van der Waals surface area contributed by atoms with Crippen LogP contribution >= 0.6 is 34.8 Å². The van der Waals surface area contributed by atoms with Gasteiger partial charge in [-0.15, -0.1) is 0 Å². The first kappa shape index (κ1) is 24.0. The summed E-state index contributed by atoms with van der Waals surface area (Å²) < 4.78 is 18.6. The lowest BCUT2D eigenvalue weighted by Crippen LogP contribution is -2.32. The highest BCUT2D eigenvalue weighted by atomic mass is 35.5. The number of methoxy groups -OCH3 is 1. The van der Waals surface area contributed by atoms with Gasteiger partial charge in [0.05, 0.1) is 33.0 Å². The normalized spacial score (nSPS) is 11.7. The predicted octanol–water partition coefficient (Wildman–Crippen LogP) is 6.39. The topological polar surface area (TPSA) is 79.4 Å². The van der Waals surface area contributed by atoms with Crippen molar-refractivity contribution in [2.75, 3.05) is 29.3 Å². The second-order valence-corrected chi connectivity index (χ2v) is 7.95. The largest absolute Gasteiger partial charge is 0.383 e. The third-order valence-corrected chi connectivity index (χ3v) is 5.24. The maximum Gasteiger partial charge on any atom is 0.332 e. The van der Waals surface area contributed by atoms with E-state index in [4.69, 9.17) is 39.5 Å². The van der Waals surface area contributed by atoms with Gasteiger partial charge in [0.2, 0.25) is 5.95 Å². The maximum absolute atomic E-state index is 13.5. The van der Waals surface area contributed by atoms with E-state index in [9.17, 15) is 9.18 Å². The molecule has 2 amide bonds. The fourth-order valence-corrected chi connectivity index (χ4v) is 3.38. The molecule has 1 aromatic heterocycles. The van der Waals surface area contributed by atoms with Crippen LogP contribution in [0.25, 0.3) is 0 Å². The molecule has 0 aliphatic heterocycles. The number of aromatic nitrogens is 2. The quantitative estimate of drug-likeness (QED) is 0.369. The summed E-state index contributed by atoms with van der Waals surface area (Å²) in [5, 5.41) is 6.45. The van der Waals surface area contributed by atoms with Gasteiger partial charge in [-0.1, -0.05) is 34.8 Å². The molecule has 32 heavy (non-hydrogen) atoms.